The number of allylic oxidation sites excluding steroid dienone is 2. The van der Waals surface area contributed by atoms with Crippen molar-refractivity contribution in [3.05, 3.63) is 48.0 Å². The van der Waals surface area contributed by atoms with Crippen molar-refractivity contribution >= 4 is 11.1 Å². The number of benzene rings is 1. The van der Waals surface area contributed by atoms with Crippen LogP contribution in [0, 0.1) is 6.92 Å². The molecular formula is C13H16. The fourth-order valence-electron chi connectivity index (χ4n) is 1.59. The van der Waals surface area contributed by atoms with E-state index in [9.17, 15) is 0 Å². The fourth-order valence-corrected chi connectivity index (χ4v) is 1.59. The van der Waals surface area contributed by atoms with Gasteiger partial charge in [-0.2, -0.15) is 0 Å². The van der Waals surface area contributed by atoms with Crippen molar-refractivity contribution in [3.8, 4) is 0 Å². The first-order chi connectivity index (χ1) is 6.04. The van der Waals surface area contributed by atoms with E-state index < -0.39 is 0 Å². The number of rotatable bonds is 2. The molecule has 1 rings (SSSR count). The van der Waals surface area contributed by atoms with Crippen LogP contribution in [0.2, 0.25) is 0 Å². The van der Waals surface area contributed by atoms with Gasteiger partial charge in [0.05, 0.1) is 0 Å². The summed E-state index contributed by atoms with van der Waals surface area (Å²) in [5.41, 5.74) is 5.94. The van der Waals surface area contributed by atoms with Gasteiger partial charge in [0.2, 0.25) is 0 Å². The minimum Gasteiger partial charge on any atom is -0.0955 e. The Morgan fingerprint density at radius 3 is 2.08 bits per heavy atom. The molecule has 13 heavy (non-hydrogen) atoms. The average molecular weight is 172 g/mol. The Kier molecular flexibility index (Phi) is 2.72. The number of hydrogen-bond donors (Lipinski definition) is 0. The van der Waals surface area contributed by atoms with Gasteiger partial charge in [0.25, 0.3) is 0 Å². The molecule has 0 amide bonds. The summed E-state index contributed by atoms with van der Waals surface area (Å²) in [7, 11) is 0. The molecule has 0 nitrogen and oxygen atoms in total. The van der Waals surface area contributed by atoms with Crippen molar-refractivity contribution in [3.63, 3.8) is 0 Å². The molecule has 0 atom stereocenters. The molecule has 0 radical (unpaired) electrons. The first-order valence-corrected chi connectivity index (χ1v) is 4.45. The fraction of sp³-hybridized carbons (Fsp3) is 0.231. The molecule has 0 aliphatic rings. The SMILES string of the molecule is C=C(C)c1cccc(C)c1C(=C)C. The van der Waals surface area contributed by atoms with Crippen molar-refractivity contribution < 1.29 is 0 Å². The summed E-state index contributed by atoms with van der Waals surface area (Å²) < 4.78 is 0. The van der Waals surface area contributed by atoms with Crippen molar-refractivity contribution in [1.29, 1.82) is 0 Å². The first-order valence-electron chi connectivity index (χ1n) is 4.45. The summed E-state index contributed by atoms with van der Waals surface area (Å²) in [4.78, 5) is 0. The van der Waals surface area contributed by atoms with E-state index in [1.807, 2.05) is 13.8 Å². The summed E-state index contributed by atoms with van der Waals surface area (Å²) in [6.07, 6.45) is 0. The Balaban J connectivity index is 3.43. The zero-order valence-electron chi connectivity index (χ0n) is 8.65. The van der Waals surface area contributed by atoms with Gasteiger partial charge in [0.15, 0.2) is 0 Å². The van der Waals surface area contributed by atoms with Gasteiger partial charge in [0.1, 0.15) is 0 Å². The highest BCUT2D eigenvalue weighted by Crippen LogP contribution is 2.26. The summed E-state index contributed by atoms with van der Waals surface area (Å²) in [6.45, 7) is 14.1. The van der Waals surface area contributed by atoms with Gasteiger partial charge in [0, 0.05) is 0 Å². The minimum atomic E-state index is 1.10. The van der Waals surface area contributed by atoms with Gasteiger partial charge in [-0.1, -0.05) is 42.5 Å². The van der Waals surface area contributed by atoms with Crippen LogP contribution in [0.4, 0.5) is 0 Å². The van der Waals surface area contributed by atoms with Gasteiger partial charge in [-0.05, 0) is 37.5 Å². The molecule has 0 unspecified atom stereocenters. The Hall–Kier alpha value is -1.30. The van der Waals surface area contributed by atoms with Gasteiger partial charge in [-0.25, -0.2) is 0 Å². The van der Waals surface area contributed by atoms with E-state index in [1.165, 1.54) is 16.7 Å². The second-order valence-electron chi connectivity index (χ2n) is 3.56. The zero-order chi connectivity index (χ0) is 10.0. The zero-order valence-corrected chi connectivity index (χ0v) is 8.65. The van der Waals surface area contributed by atoms with Crippen molar-refractivity contribution in [2.75, 3.05) is 0 Å². The average Bonchev–Trinajstić information content (AvgIpc) is 2.02. The Bertz CT molecular complexity index is 356. The van der Waals surface area contributed by atoms with Crippen LogP contribution in [-0.4, -0.2) is 0 Å². The quantitative estimate of drug-likeness (QED) is 0.631. The predicted octanol–water partition coefficient (Wildman–Crippen LogP) is 4.06. The standard InChI is InChI=1S/C13H16/c1-9(2)12-8-6-7-11(5)13(12)10(3)4/h6-8H,1,3H2,2,4-5H3. The first kappa shape index (κ1) is 9.79. The lowest BCUT2D eigenvalue weighted by atomic mass is 9.93. The highest BCUT2D eigenvalue weighted by molar-refractivity contribution is 5.78. The van der Waals surface area contributed by atoms with Gasteiger partial charge < -0.3 is 0 Å². The van der Waals surface area contributed by atoms with Crippen molar-refractivity contribution in [1.82, 2.24) is 0 Å². The number of aryl methyl sites for hydroxylation is 1. The van der Waals surface area contributed by atoms with E-state index in [0.29, 0.717) is 0 Å². The maximum atomic E-state index is 3.99. The minimum absolute atomic E-state index is 1.10. The topological polar surface area (TPSA) is 0 Å². The maximum Gasteiger partial charge on any atom is -0.0129 e. The molecule has 0 fully saturated rings. The van der Waals surface area contributed by atoms with Gasteiger partial charge in [-0.3, -0.25) is 0 Å². The van der Waals surface area contributed by atoms with Crippen LogP contribution >= 0.6 is 0 Å². The summed E-state index contributed by atoms with van der Waals surface area (Å²) in [6, 6.07) is 6.27. The Morgan fingerprint density at radius 2 is 1.69 bits per heavy atom. The second-order valence-corrected chi connectivity index (χ2v) is 3.56. The summed E-state index contributed by atoms with van der Waals surface area (Å²) >= 11 is 0. The van der Waals surface area contributed by atoms with E-state index in [-0.39, 0.29) is 0 Å². The lowest BCUT2D eigenvalue weighted by Gasteiger charge is -2.11. The molecule has 0 bridgehead atoms. The van der Waals surface area contributed by atoms with Crippen LogP contribution < -0.4 is 0 Å². The van der Waals surface area contributed by atoms with Crippen molar-refractivity contribution in [2.45, 2.75) is 20.8 Å². The van der Waals surface area contributed by atoms with Crippen LogP contribution in [0.5, 0.6) is 0 Å². The van der Waals surface area contributed by atoms with Crippen LogP contribution in [0.3, 0.4) is 0 Å². The second kappa shape index (κ2) is 3.61. The molecule has 0 spiro atoms. The molecule has 0 heterocycles. The van der Waals surface area contributed by atoms with Crippen LogP contribution in [-0.2, 0) is 0 Å². The third-order valence-corrected chi connectivity index (χ3v) is 2.16. The predicted molar refractivity (Wildman–Crippen MR) is 60.6 cm³/mol. The largest absolute Gasteiger partial charge is 0.0955 e. The number of hydrogen-bond acceptors (Lipinski definition) is 0. The molecule has 0 aromatic heterocycles. The summed E-state index contributed by atoms with van der Waals surface area (Å²) in [5.74, 6) is 0. The molecule has 1 aromatic rings. The van der Waals surface area contributed by atoms with E-state index in [0.717, 1.165) is 11.1 Å². The third-order valence-electron chi connectivity index (χ3n) is 2.16. The lowest BCUT2D eigenvalue weighted by molar-refractivity contribution is 1.38. The van der Waals surface area contributed by atoms with E-state index in [2.05, 4.69) is 38.3 Å². The van der Waals surface area contributed by atoms with Crippen LogP contribution in [0.15, 0.2) is 31.4 Å². The molecule has 1 aromatic carbocycles. The van der Waals surface area contributed by atoms with E-state index in [1.54, 1.807) is 0 Å². The third kappa shape index (κ3) is 1.89. The molecule has 0 N–H and O–H groups in total. The smallest absolute Gasteiger partial charge is 0.0129 e. The Labute approximate surface area is 80.6 Å². The van der Waals surface area contributed by atoms with Crippen LogP contribution in [0.1, 0.15) is 30.5 Å². The van der Waals surface area contributed by atoms with Gasteiger partial charge >= 0.3 is 0 Å². The lowest BCUT2D eigenvalue weighted by Crippen LogP contribution is -1.91. The molecule has 0 heteroatoms. The van der Waals surface area contributed by atoms with E-state index >= 15 is 0 Å². The van der Waals surface area contributed by atoms with Crippen LogP contribution in [0.25, 0.3) is 11.1 Å². The highest BCUT2D eigenvalue weighted by atomic mass is 14.1. The molecule has 68 valence electrons. The molecule has 0 saturated carbocycles. The van der Waals surface area contributed by atoms with Gasteiger partial charge in [-0.15, -0.1) is 0 Å². The highest BCUT2D eigenvalue weighted by Gasteiger charge is 2.05. The Morgan fingerprint density at radius 1 is 1.08 bits per heavy atom. The normalized spacial score (nSPS) is 9.77. The molecule has 0 saturated heterocycles. The molecular weight excluding hydrogens is 156 g/mol. The molecule has 0 aliphatic carbocycles. The maximum absolute atomic E-state index is 3.99. The van der Waals surface area contributed by atoms with Crippen molar-refractivity contribution in [2.24, 2.45) is 0 Å². The molecule has 0 aliphatic heterocycles. The van der Waals surface area contributed by atoms with E-state index in [4.69, 9.17) is 0 Å². The summed E-state index contributed by atoms with van der Waals surface area (Å²) in [5, 5.41) is 0. The monoisotopic (exact) mass is 172 g/mol.